The third-order valence-corrected chi connectivity index (χ3v) is 15.5. The fourth-order valence-corrected chi connectivity index (χ4v) is 8.05. The number of likely N-dealkylation sites (N-methyl/N-ethyl adjacent to an activating group) is 1. The maximum atomic E-state index is 14.3. The number of carbonyl (C=O) groups excluding carboxylic acids is 1. The topological polar surface area (TPSA) is 87.2 Å². The normalized spacial score (nSPS) is 17.3. The SMILES string of the molecule is CCN(C(=O)c1cc(F)ccc1Oc1nncnc1N1CCC2(C1)CN([C@H](CCCN(C)CCO[Si](C)(C)C(C)(C)C)C(C)C)C2)C(C)C. The summed E-state index contributed by atoms with van der Waals surface area (Å²) in [6, 6.07) is 4.52. The lowest BCUT2D eigenvalue weighted by Gasteiger charge is -2.53. The summed E-state index contributed by atoms with van der Waals surface area (Å²) in [6.07, 6.45) is 4.85. The smallest absolute Gasteiger partial charge is 0.282 e. The van der Waals surface area contributed by atoms with Crippen molar-refractivity contribution < 1.29 is 18.3 Å². The van der Waals surface area contributed by atoms with Crippen LogP contribution in [0.5, 0.6) is 11.6 Å². The Bertz CT molecular complexity index is 1400. The van der Waals surface area contributed by atoms with E-state index in [9.17, 15) is 9.18 Å². The van der Waals surface area contributed by atoms with Gasteiger partial charge in [-0.05, 0) is 95.9 Å². The Hall–Kier alpha value is -2.67. The van der Waals surface area contributed by atoms with Gasteiger partial charge in [0.15, 0.2) is 14.1 Å². The van der Waals surface area contributed by atoms with E-state index in [1.165, 1.54) is 37.4 Å². The van der Waals surface area contributed by atoms with Crippen molar-refractivity contribution in [2.24, 2.45) is 11.3 Å². The number of aromatic nitrogens is 3. The zero-order chi connectivity index (χ0) is 36.1. The summed E-state index contributed by atoms with van der Waals surface area (Å²) < 4.78 is 27.0. The lowest BCUT2D eigenvalue weighted by molar-refractivity contribution is -0.0344. The summed E-state index contributed by atoms with van der Waals surface area (Å²) in [6.45, 7) is 29.2. The Morgan fingerprint density at radius 2 is 1.84 bits per heavy atom. The molecule has 3 heterocycles. The number of hydrogen-bond acceptors (Lipinski definition) is 9. The van der Waals surface area contributed by atoms with E-state index in [1.807, 2.05) is 20.8 Å². The maximum absolute atomic E-state index is 14.3. The van der Waals surface area contributed by atoms with E-state index >= 15 is 0 Å². The lowest BCUT2D eigenvalue weighted by Crippen LogP contribution is -2.62. The van der Waals surface area contributed by atoms with Gasteiger partial charge in [-0.2, -0.15) is 0 Å². The lowest BCUT2D eigenvalue weighted by atomic mass is 9.76. The van der Waals surface area contributed by atoms with E-state index in [0.29, 0.717) is 24.3 Å². The quantitative estimate of drug-likeness (QED) is 0.173. The molecule has 2 aliphatic heterocycles. The van der Waals surface area contributed by atoms with Crippen molar-refractivity contribution in [3.8, 4) is 11.6 Å². The van der Waals surface area contributed by atoms with Gasteiger partial charge in [0.25, 0.3) is 11.8 Å². The molecule has 1 amide bonds. The molecule has 49 heavy (non-hydrogen) atoms. The first-order valence-electron chi connectivity index (χ1n) is 18.2. The zero-order valence-electron chi connectivity index (χ0n) is 32.1. The number of anilines is 1. The van der Waals surface area contributed by atoms with Crippen molar-refractivity contribution >= 4 is 20.0 Å². The highest BCUT2D eigenvalue weighted by Gasteiger charge is 2.50. The number of halogens is 1. The molecule has 1 aromatic heterocycles. The average Bonchev–Trinajstić information content (AvgIpc) is 3.45. The van der Waals surface area contributed by atoms with Gasteiger partial charge in [-0.3, -0.25) is 9.69 Å². The summed E-state index contributed by atoms with van der Waals surface area (Å²) in [5.74, 6) is 0.865. The molecule has 12 heteroatoms. The Labute approximate surface area is 295 Å². The van der Waals surface area contributed by atoms with E-state index in [1.54, 1.807) is 4.90 Å². The minimum Gasteiger partial charge on any atom is -0.434 e. The van der Waals surface area contributed by atoms with Crippen molar-refractivity contribution in [2.75, 3.05) is 64.4 Å². The van der Waals surface area contributed by atoms with Crippen LogP contribution in [0.1, 0.15) is 85.0 Å². The molecule has 0 bridgehead atoms. The number of ether oxygens (including phenoxy) is 1. The second-order valence-corrected chi connectivity index (χ2v) is 21.3. The van der Waals surface area contributed by atoms with Gasteiger partial charge in [-0.1, -0.05) is 34.6 Å². The van der Waals surface area contributed by atoms with Crippen LogP contribution < -0.4 is 9.64 Å². The van der Waals surface area contributed by atoms with Crippen LogP contribution in [0.3, 0.4) is 0 Å². The molecule has 0 aliphatic carbocycles. The molecule has 1 atom stereocenters. The minimum atomic E-state index is -1.71. The van der Waals surface area contributed by atoms with Gasteiger partial charge in [-0.15, -0.1) is 10.2 Å². The number of nitrogens with zero attached hydrogens (tertiary/aromatic N) is 7. The molecule has 274 valence electrons. The van der Waals surface area contributed by atoms with Gasteiger partial charge in [0.05, 0.1) is 5.56 Å². The highest BCUT2D eigenvalue weighted by molar-refractivity contribution is 6.74. The summed E-state index contributed by atoms with van der Waals surface area (Å²) in [5, 5.41) is 8.50. The molecule has 0 N–H and O–H groups in total. The van der Waals surface area contributed by atoms with Gasteiger partial charge in [0.1, 0.15) is 17.9 Å². The van der Waals surface area contributed by atoms with Crippen molar-refractivity contribution in [3.05, 3.63) is 35.9 Å². The van der Waals surface area contributed by atoms with E-state index in [2.05, 4.69) is 84.6 Å². The molecule has 4 rings (SSSR count). The van der Waals surface area contributed by atoms with Crippen molar-refractivity contribution in [1.29, 1.82) is 0 Å². The molecular formula is C37H62FN7O3Si. The number of benzene rings is 1. The standard InChI is InChI=1S/C37H62FN7O3Si/c1-12-45(28(4)5)35(46)30-22-29(38)15-16-32(30)48-34-33(39-26-40-41-34)43-19-17-37(23-43)24-44(25-37)31(27(2)3)14-13-18-42(9)20-21-47-49(10,11)36(6,7)8/h15-16,22,26-28,31H,12-14,17-21,23-25H2,1-11H3/t31-/m1/s1. The first-order valence-corrected chi connectivity index (χ1v) is 21.2. The predicted molar refractivity (Wildman–Crippen MR) is 197 cm³/mol. The zero-order valence-corrected chi connectivity index (χ0v) is 33.1. The average molecular weight is 700 g/mol. The molecule has 0 unspecified atom stereocenters. The first kappa shape index (κ1) is 39.1. The Morgan fingerprint density at radius 1 is 1.12 bits per heavy atom. The highest BCUT2D eigenvalue weighted by Crippen LogP contribution is 2.45. The number of carbonyl (C=O) groups is 1. The molecular weight excluding hydrogens is 638 g/mol. The van der Waals surface area contributed by atoms with Crippen LogP contribution in [0.4, 0.5) is 10.2 Å². The maximum Gasteiger partial charge on any atom is 0.282 e. The molecule has 10 nitrogen and oxygen atoms in total. The van der Waals surface area contributed by atoms with E-state index < -0.39 is 14.1 Å². The van der Waals surface area contributed by atoms with E-state index in [0.717, 1.165) is 52.3 Å². The van der Waals surface area contributed by atoms with Crippen LogP contribution in [0.15, 0.2) is 24.5 Å². The molecule has 1 spiro atoms. The minimum absolute atomic E-state index is 0.0423. The second kappa shape index (κ2) is 16.1. The van der Waals surface area contributed by atoms with Crippen LogP contribution >= 0.6 is 0 Å². The fourth-order valence-electron chi connectivity index (χ4n) is 7.02. The van der Waals surface area contributed by atoms with Gasteiger partial charge in [0.2, 0.25) is 0 Å². The highest BCUT2D eigenvalue weighted by atomic mass is 28.4. The van der Waals surface area contributed by atoms with E-state index in [-0.39, 0.29) is 39.6 Å². The fraction of sp³-hybridized carbons (Fsp3) is 0.730. The second-order valence-electron chi connectivity index (χ2n) is 16.5. The van der Waals surface area contributed by atoms with Crippen LogP contribution in [-0.4, -0.2) is 116 Å². The molecule has 0 saturated carbocycles. The monoisotopic (exact) mass is 699 g/mol. The van der Waals surface area contributed by atoms with Gasteiger partial charge in [0, 0.05) is 63.4 Å². The van der Waals surface area contributed by atoms with Crippen LogP contribution in [0, 0.1) is 17.2 Å². The number of rotatable bonds is 16. The largest absolute Gasteiger partial charge is 0.434 e. The molecule has 2 fully saturated rings. The molecule has 2 aromatic rings. The van der Waals surface area contributed by atoms with Gasteiger partial charge in [-0.25, -0.2) is 9.37 Å². The molecule has 0 radical (unpaired) electrons. The Kier molecular flexibility index (Phi) is 12.9. The van der Waals surface area contributed by atoms with Crippen LogP contribution in [-0.2, 0) is 4.43 Å². The van der Waals surface area contributed by atoms with Crippen LogP contribution in [0.2, 0.25) is 18.1 Å². The third kappa shape index (κ3) is 9.56. The van der Waals surface area contributed by atoms with E-state index in [4.69, 9.17) is 9.16 Å². The first-order chi connectivity index (χ1) is 23.0. The molecule has 1 aromatic carbocycles. The Morgan fingerprint density at radius 3 is 2.47 bits per heavy atom. The predicted octanol–water partition coefficient (Wildman–Crippen LogP) is 6.94. The third-order valence-electron chi connectivity index (χ3n) is 11.0. The molecule has 2 aliphatic rings. The van der Waals surface area contributed by atoms with Gasteiger partial charge >= 0.3 is 0 Å². The number of hydrogen-bond donors (Lipinski definition) is 0. The van der Waals surface area contributed by atoms with Crippen molar-refractivity contribution in [3.63, 3.8) is 0 Å². The summed E-state index contributed by atoms with van der Waals surface area (Å²) in [7, 11) is 0.504. The summed E-state index contributed by atoms with van der Waals surface area (Å²) in [5.41, 5.74) is 0.355. The van der Waals surface area contributed by atoms with Crippen molar-refractivity contribution in [1.82, 2.24) is 29.9 Å². The van der Waals surface area contributed by atoms with Gasteiger partial charge < -0.3 is 23.9 Å². The van der Waals surface area contributed by atoms with Crippen molar-refractivity contribution in [2.45, 2.75) is 105 Å². The number of amides is 1. The molecule has 2 saturated heterocycles. The summed E-state index contributed by atoms with van der Waals surface area (Å²) >= 11 is 0. The van der Waals surface area contributed by atoms with Crippen LogP contribution in [0.25, 0.3) is 0 Å². The summed E-state index contributed by atoms with van der Waals surface area (Å²) in [4.78, 5) is 27.0. The Balaban J connectivity index is 1.33. The number of likely N-dealkylation sites (tertiary alicyclic amines) is 1.